The molecule has 0 aliphatic carbocycles. The van der Waals surface area contributed by atoms with Gasteiger partial charge in [0.1, 0.15) is 12.4 Å². The quantitative estimate of drug-likeness (QED) is 0.855. The zero-order valence-corrected chi connectivity index (χ0v) is 11.1. The van der Waals surface area contributed by atoms with E-state index in [1.165, 1.54) is 38.1 Å². The van der Waals surface area contributed by atoms with Gasteiger partial charge in [-0.05, 0) is 26.0 Å². The number of nitrogens with zero attached hydrogens (tertiary/aromatic N) is 1. The summed E-state index contributed by atoms with van der Waals surface area (Å²) in [5.41, 5.74) is -0.437. The Labute approximate surface area is 113 Å². The number of Topliss-reactive ketones (excluding diaryl/α,β-unsaturated/α-hetero) is 1. The van der Waals surface area contributed by atoms with Crippen molar-refractivity contribution in [1.29, 1.82) is 0 Å². The summed E-state index contributed by atoms with van der Waals surface area (Å²) in [4.78, 5) is 35.5. The highest BCUT2D eigenvalue weighted by atomic mass is 19.1. The van der Waals surface area contributed by atoms with Crippen molar-refractivity contribution in [2.75, 3.05) is 0 Å². The van der Waals surface area contributed by atoms with Gasteiger partial charge < -0.3 is 0 Å². The summed E-state index contributed by atoms with van der Waals surface area (Å²) in [5.74, 6) is -1.24. The second-order valence-electron chi connectivity index (χ2n) is 4.49. The van der Waals surface area contributed by atoms with Crippen LogP contribution in [0.5, 0.6) is 0 Å². The first-order valence-electron chi connectivity index (χ1n) is 6.00. The maximum atomic E-state index is 13.5. The first kappa shape index (κ1) is 13.9. The predicted octanol–water partition coefficient (Wildman–Crippen LogP) is 1.18. The average Bonchev–Trinajstić information content (AvgIpc) is 2.42. The van der Waals surface area contributed by atoms with Crippen LogP contribution >= 0.6 is 0 Å². The lowest BCUT2D eigenvalue weighted by atomic mass is 10.1. The molecular formula is C14H13FN2O3. The topological polar surface area (TPSA) is 71.9 Å². The van der Waals surface area contributed by atoms with E-state index in [4.69, 9.17) is 0 Å². The van der Waals surface area contributed by atoms with Crippen LogP contribution in [0.2, 0.25) is 0 Å². The van der Waals surface area contributed by atoms with Crippen molar-refractivity contribution in [1.82, 2.24) is 9.78 Å². The number of halogens is 1. The lowest BCUT2D eigenvalue weighted by molar-refractivity contribution is 0.0961. The lowest BCUT2D eigenvalue weighted by Crippen LogP contribution is -2.35. The van der Waals surface area contributed by atoms with Crippen molar-refractivity contribution in [2.45, 2.75) is 20.4 Å². The number of aromatic amines is 1. The Balaban J connectivity index is 2.42. The number of aromatic nitrogens is 2. The molecule has 0 amide bonds. The molecule has 104 valence electrons. The fourth-order valence-electron chi connectivity index (χ4n) is 1.82. The fraction of sp³-hybridized carbons (Fsp3) is 0.214. The van der Waals surface area contributed by atoms with Gasteiger partial charge in [-0.15, -0.1) is 0 Å². The minimum absolute atomic E-state index is 0.113. The molecule has 1 N–H and O–H groups in total. The van der Waals surface area contributed by atoms with Gasteiger partial charge in [0.25, 0.3) is 11.1 Å². The van der Waals surface area contributed by atoms with Crippen LogP contribution in [0.1, 0.15) is 21.5 Å². The van der Waals surface area contributed by atoms with Gasteiger partial charge in [0.15, 0.2) is 5.78 Å². The van der Waals surface area contributed by atoms with Gasteiger partial charge in [-0.1, -0.05) is 12.1 Å². The van der Waals surface area contributed by atoms with Crippen LogP contribution in [0.25, 0.3) is 0 Å². The number of hydrogen-bond donors (Lipinski definition) is 1. The van der Waals surface area contributed by atoms with E-state index in [1.54, 1.807) is 0 Å². The zero-order valence-electron chi connectivity index (χ0n) is 11.1. The van der Waals surface area contributed by atoms with Crippen LogP contribution in [0, 0.1) is 19.7 Å². The van der Waals surface area contributed by atoms with Crippen LogP contribution < -0.4 is 11.1 Å². The summed E-state index contributed by atoms with van der Waals surface area (Å²) in [5, 5.41) is 2.31. The fourth-order valence-corrected chi connectivity index (χ4v) is 1.82. The number of ketones is 1. The molecule has 0 atom stereocenters. The van der Waals surface area contributed by atoms with Crippen molar-refractivity contribution >= 4 is 5.78 Å². The maximum absolute atomic E-state index is 13.5. The van der Waals surface area contributed by atoms with E-state index in [-0.39, 0.29) is 11.1 Å². The number of benzene rings is 1. The minimum Gasteiger partial charge on any atom is -0.292 e. The van der Waals surface area contributed by atoms with Crippen LogP contribution in [-0.2, 0) is 6.54 Å². The molecule has 0 fully saturated rings. The van der Waals surface area contributed by atoms with E-state index in [2.05, 4.69) is 5.10 Å². The van der Waals surface area contributed by atoms with E-state index in [1.807, 2.05) is 0 Å². The van der Waals surface area contributed by atoms with Gasteiger partial charge in [-0.3, -0.25) is 19.5 Å². The summed E-state index contributed by atoms with van der Waals surface area (Å²) in [7, 11) is 0. The standard InChI is InChI=1S/C14H13FN2O3/c1-8-9(2)14(20)17(16-13(8)19)7-12(18)10-5-3-4-6-11(10)15/h3-6H,7H2,1-2H3,(H,16,19). The molecule has 1 heterocycles. The minimum atomic E-state index is -0.656. The molecule has 0 bridgehead atoms. The molecule has 0 saturated heterocycles. The molecule has 1 aromatic heterocycles. The number of carbonyl (C=O) groups is 1. The molecule has 0 aliphatic heterocycles. The third kappa shape index (κ3) is 2.45. The third-order valence-corrected chi connectivity index (χ3v) is 3.18. The molecule has 0 saturated carbocycles. The smallest absolute Gasteiger partial charge is 0.268 e. The maximum Gasteiger partial charge on any atom is 0.268 e. The highest BCUT2D eigenvalue weighted by molar-refractivity contribution is 5.96. The molecule has 0 spiro atoms. The second kappa shape index (κ2) is 5.24. The van der Waals surface area contributed by atoms with Crippen LogP contribution in [0.3, 0.4) is 0 Å². The molecule has 0 radical (unpaired) electrons. The molecule has 5 nitrogen and oxygen atoms in total. The van der Waals surface area contributed by atoms with Crippen LogP contribution in [-0.4, -0.2) is 15.6 Å². The molecule has 2 rings (SSSR count). The van der Waals surface area contributed by atoms with Crippen LogP contribution in [0.4, 0.5) is 4.39 Å². The Bertz CT molecular complexity index is 790. The number of H-pyrrole nitrogens is 1. The van der Waals surface area contributed by atoms with Gasteiger partial charge in [0.05, 0.1) is 5.56 Å². The first-order chi connectivity index (χ1) is 9.41. The Morgan fingerprint density at radius 1 is 1.20 bits per heavy atom. The SMILES string of the molecule is Cc1c(C)c(=O)n(CC(=O)c2ccccc2F)[nH]c1=O. The highest BCUT2D eigenvalue weighted by Gasteiger charge is 2.14. The van der Waals surface area contributed by atoms with E-state index in [9.17, 15) is 18.8 Å². The highest BCUT2D eigenvalue weighted by Crippen LogP contribution is 2.07. The summed E-state index contributed by atoms with van der Waals surface area (Å²) in [6.07, 6.45) is 0. The largest absolute Gasteiger partial charge is 0.292 e. The summed E-state index contributed by atoms with van der Waals surface area (Å²) in [6.45, 7) is 2.63. The molecule has 2 aromatic rings. The predicted molar refractivity (Wildman–Crippen MR) is 71.5 cm³/mol. The Morgan fingerprint density at radius 2 is 1.85 bits per heavy atom. The summed E-state index contributed by atoms with van der Waals surface area (Å²) >= 11 is 0. The van der Waals surface area contributed by atoms with Crippen molar-refractivity contribution in [2.24, 2.45) is 0 Å². The van der Waals surface area contributed by atoms with Gasteiger partial charge >= 0.3 is 0 Å². The normalized spacial score (nSPS) is 10.6. The van der Waals surface area contributed by atoms with Crippen molar-refractivity contribution in [3.05, 3.63) is 67.5 Å². The monoisotopic (exact) mass is 276 g/mol. The number of hydrogen-bond acceptors (Lipinski definition) is 3. The van der Waals surface area contributed by atoms with E-state index in [0.29, 0.717) is 5.56 Å². The van der Waals surface area contributed by atoms with Gasteiger partial charge in [-0.25, -0.2) is 9.07 Å². The van der Waals surface area contributed by atoms with Crippen molar-refractivity contribution in [3.63, 3.8) is 0 Å². The van der Waals surface area contributed by atoms with E-state index >= 15 is 0 Å². The second-order valence-corrected chi connectivity index (χ2v) is 4.49. The van der Waals surface area contributed by atoms with Crippen molar-refractivity contribution < 1.29 is 9.18 Å². The third-order valence-electron chi connectivity index (χ3n) is 3.18. The Kier molecular flexibility index (Phi) is 3.65. The Morgan fingerprint density at radius 3 is 2.50 bits per heavy atom. The Hall–Kier alpha value is -2.50. The number of carbonyl (C=O) groups excluding carboxylic acids is 1. The van der Waals surface area contributed by atoms with E-state index < -0.39 is 29.3 Å². The van der Waals surface area contributed by atoms with Gasteiger partial charge in [-0.2, -0.15) is 0 Å². The van der Waals surface area contributed by atoms with Crippen LogP contribution in [0.15, 0.2) is 33.9 Å². The molecule has 20 heavy (non-hydrogen) atoms. The van der Waals surface area contributed by atoms with Gasteiger partial charge in [0, 0.05) is 11.1 Å². The zero-order chi connectivity index (χ0) is 14.9. The number of nitrogens with one attached hydrogen (secondary N) is 1. The average molecular weight is 276 g/mol. The van der Waals surface area contributed by atoms with E-state index in [0.717, 1.165) is 4.68 Å². The molecule has 0 aliphatic rings. The lowest BCUT2D eigenvalue weighted by Gasteiger charge is -2.08. The van der Waals surface area contributed by atoms with Crippen molar-refractivity contribution in [3.8, 4) is 0 Å². The van der Waals surface area contributed by atoms with Gasteiger partial charge in [0.2, 0.25) is 0 Å². The summed E-state index contributed by atoms with van der Waals surface area (Å²) < 4.78 is 14.4. The number of rotatable bonds is 3. The summed E-state index contributed by atoms with van der Waals surface area (Å²) in [6, 6.07) is 5.50. The molecule has 0 unspecified atom stereocenters. The molecular weight excluding hydrogens is 263 g/mol. The molecule has 6 heteroatoms. The first-order valence-corrected chi connectivity index (χ1v) is 6.00. The molecule has 1 aromatic carbocycles.